The van der Waals surface area contributed by atoms with Crippen LogP contribution in [-0.4, -0.2) is 11.7 Å². The third kappa shape index (κ3) is 5.20. The summed E-state index contributed by atoms with van der Waals surface area (Å²) in [6.07, 6.45) is 0.882. The topological polar surface area (TPSA) is 24.1 Å². The Hall–Kier alpha value is -1.29. The molecule has 110 valence electrons. The first-order valence-electron chi connectivity index (χ1n) is 6.60. The molecule has 2 aromatic carbocycles. The minimum absolute atomic E-state index is 0.592. The average molecular weight is 339 g/mol. The van der Waals surface area contributed by atoms with Gasteiger partial charge in [-0.3, -0.25) is 0 Å². The van der Waals surface area contributed by atoms with Gasteiger partial charge >= 0.3 is 0 Å². The van der Waals surface area contributed by atoms with Crippen molar-refractivity contribution in [1.29, 1.82) is 0 Å². The zero-order valence-electron chi connectivity index (χ0n) is 11.6. The lowest BCUT2D eigenvalue weighted by atomic mass is 10.1. The lowest BCUT2D eigenvalue weighted by Gasteiger charge is -2.12. The fraction of sp³-hybridized carbons (Fsp3) is 0.188. The van der Waals surface area contributed by atoms with E-state index in [4.69, 9.17) is 35.4 Å². The SMILES string of the molecule is Cc1ccc(Cl)cc1NC(=S)NCCc1ccc(Cl)cc1. The molecular formula is C16H16Cl2N2S. The smallest absolute Gasteiger partial charge is 0.170 e. The molecule has 0 atom stereocenters. The van der Waals surface area contributed by atoms with Gasteiger partial charge in [0.15, 0.2) is 5.11 Å². The molecule has 0 aliphatic heterocycles. The van der Waals surface area contributed by atoms with Crippen LogP contribution in [0, 0.1) is 6.92 Å². The van der Waals surface area contributed by atoms with Gasteiger partial charge in [-0.05, 0) is 61.0 Å². The molecule has 2 nitrogen and oxygen atoms in total. The molecule has 0 radical (unpaired) electrons. The minimum atomic E-state index is 0.592. The molecule has 5 heteroatoms. The number of aryl methyl sites for hydroxylation is 1. The van der Waals surface area contributed by atoms with E-state index < -0.39 is 0 Å². The van der Waals surface area contributed by atoms with Crippen molar-refractivity contribution in [3.63, 3.8) is 0 Å². The summed E-state index contributed by atoms with van der Waals surface area (Å²) in [4.78, 5) is 0. The summed E-state index contributed by atoms with van der Waals surface area (Å²) >= 11 is 17.1. The number of benzene rings is 2. The molecule has 2 aromatic rings. The van der Waals surface area contributed by atoms with Crippen LogP contribution in [0.25, 0.3) is 0 Å². The van der Waals surface area contributed by atoms with E-state index in [0.29, 0.717) is 10.1 Å². The predicted molar refractivity (Wildman–Crippen MR) is 95.6 cm³/mol. The monoisotopic (exact) mass is 338 g/mol. The van der Waals surface area contributed by atoms with Gasteiger partial charge in [-0.2, -0.15) is 0 Å². The Morgan fingerprint density at radius 3 is 2.43 bits per heavy atom. The maximum absolute atomic E-state index is 5.98. The molecule has 2 rings (SSSR count). The minimum Gasteiger partial charge on any atom is -0.362 e. The second-order valence-corrected chi connectivity index (χ2v) is 6.00. The summed E-state index contributed by atoms with van der Waals surface area (Å²) in [5.74, 6) is 0. The average Bonchev–Trinajstić information content (AvgIpc) is 2.45. The number of thiocarbonyl (C=S) groups is 1. The highest BCUT2D eigenvalue weighted by molar-refractivity contribution is 7.80. The van der Waals surface area contributed by atoms with Crippen molar-refractivity contribution in [2.24, 2.45) is 0 Å². The Morgan fingerprint density at radius 1 is 1.05 bits per heavy atom. The van der Waals surface area contributed by atoms with Crippen molar-refractivity contribution in [2.45, 2.75) is 13.3 Å². The first kappa shape index (κ1) is 16.1. The fourth-order valence-corrected chi connectivity index (χ4v) is 2.38. The summed E-state index contributed by atoms with van der Waals surface area (Å²) in [6.45, 7) is 2.77. The standard InChI is InChI=1S/C16H16Cl2N2S/c1-11-2-5-14(18)10-15(11)20-16(21)19-9-8-12-3-6-13(17)7-4-12/h2-7,10H,8-9H2,1H3,(H2,19,20,21). The van der Waals surface area contributed by atoms with Crippen LogP contribution >= 0.6 is 35.4 Å². The zero-order valence-corrected chi connectivity index (χ0v) is 13.9. The molecule has 21 heavy (non-hydrogen) atoms. The van der Waals surface area contributed by atoms with Crippen LogP contribution < -0.4 is 10.6 Å². The van der Waals surface area contributed by atoms with Gasteiger partial charge in [-0.1, -0.05) is 41.4 Å². The van der Waals surface area contributed by atoms with E-state index in [1.807, 2.05) is 49.4 Å². The van der Waals surface area contributed by atoms with Gasteiger partial charge in [0.05, 0.1) is 0 Å². The molecular weight excluding hydrogens is 323 g/mol. The predicted octanol–water partition coefficient (Wildman–Crippen LogP) is 4.83. The summed E-state index contributed by atoms with van der Waals surface area (Å²) in [6, 6.07) is 13.5. The van der Waals surface area contributed by atoms with Gasteiger partial charge in [0, 0.05) is 22.3 Å². The van der Waals surface area contributed by atoms with Gasteiger partial charge in [-0.25, -0.2) is 0 Å². The highest BCUT2D eigenvalue weighted by Crippen LogP contribution is 2.19. The van der Waals surface area contributed by atoms with Crippen LogP contribution in [0.2, 0.25) is 10.0 Å². The highest BCUT2D eigenvalue weighted by atomic mass is 35.5. The normalized spacial score (nSPS) is 10.2. The van der Waals surface area contributed by atoms with Gasteiger partial charge in [0.2, 0.25) is 0 Å². The Kier molecular flexibility index (Phi) is 5.85. The molecule has 0 aliphatic carbocycles. The van der Waals surface area contributed by atoms with E-state index in [-0.39, 0.29) is 0 Å². The molecule has 0 aliphatic rings. The summed E-state index contributed by atoms with van der Waals surface area (Å²) in [7, 11) is 0. The van der Waals surface area contributed by atoms with Gasteiger partial charge in [0.1, 0.15) is 0 Å². The fourth-order valence-electron chi connectivity index (χ4n) is 1.87. The van der Waals surface area contributed by atoms with E-state index in [0.717, 1.165) is 29.2 Å². The molecule has 0 bridgehead atoms. The van der Waals surface area contributed by atoms with Crippen molar-refractivity contribution in [2.75, 3.05) is 11.9 Å². The Labute approximate surface area is 140 Å². The number of nitrogens with one attached hydrogen (secondary N) is 2. The molecule has 0 spiro atoms. The molecule has 0 heterocycles. The Morgan fingerprint density at radius 2 is 1.71 bits per heavy atom. The van der Waals surface area contributed by atoms with E-state index >= 15 is 0 Å². The van der Waals surface area contributed by atoms with Crippen molar-refractivity contribution in [3.05, 3.63) is 63.6 Å². The molecule has 0 unspecified atom stereocenters. The lowest BCUT2D eigenvalue weighted by Crippen LogP contribution is -2.30. The van der Waals surface area contributed by atoms with Crippen LogP contribution in [0.15, 0.2) is 42.5 Å². The maximum atomic E-state index is 5.98. The van der Waals surface area contributed by atoms with Crippen molar-refractivity contribution < 1.29 is 0 Å². The molecule has 0 amide bonds. The number of anilines is 1. The van der Waals surface area contributed by atoms with E-state index in [2.05, 4.69) is 10.6 Å². The van der Waals surface area contributed by atoms with E-state index in [1.54, 1.807) is 0 Å². The van der Waals surface area contributed by atoms with Crippen molar-refractivity contribution >= 4 is 46.2 Å². The van der Waals surface area contributed by atoms with Crippen LogP contribution in [0.1, 0.15) is 11.1 Å². The number of hydrogen-bond donors (Lipinski definition) is 2. The second kappa shape index (κ2) is 7.64. The van der Waals surface area contributed by atoms with Crippen LogP contribution in [0.3, 0.4) is 0 Å². The highest BCUT2D eigenvalue weighted by Gasteiger charge is 2.02. The third-order valence-corrected chi connectivity index (χ3v) is 3.79. The number of rotatable bonds is 4. The van der Waals surface area contributed by atoms with Crippen LogP contribution in [-0.2, 0) is 6.42 Å². The van der Waals surface area contributed by atoms with E-state index in [9.17, 15) is 0 Å². The molecule has 0 fully saturated rings. The second-order valence-electron chi connectivity index (χ2n) is 4.72. The van der Waals surface area contributed by atoms with Gasteiger partial charge in [-0.15, -0.1) is 0 Å². The van der Waals surface area contributed by atoms with Gasteiger partial charge < -0.3 is 10.6 Å². The summed E-state index contributed by atoms with van der Waals surface area (Å²) in [5.41, 5.74) is 3.24. The lowest BCUT2D eigenvalue weighted by molar-refractivity contribution is 0.873. The number of halogens is 2. The largest absolute Gasteiger partial charge is 0.362 e. The maximum Gasteiger partial charge on any atom is 0.170 e. The third-order valence-electron chi connectivity index (χ3n) is 3.06. The van der Waals surface area contributed by atoms with Crippen LogP contribution in [0.4, 0.5) is 5.69 Å². The molecule has 0 aromatic heterocycles. The van der Waals surface area contributed by atoms with Crippen molar-refractivity contribution in [3.8, 4) is 0 Å². The first-order valence-corrected chi connectivity index (χ1v) is 7.76. The molecule has 0 saturated carbocycles. The Balaban J connectivity index is 1.82. The van der Waals surface area contributed by atoms with Crippen molar-refractivity contribution in [1.82, 2.24) is 5.32 Å². The van der Waals surface area contributed by atoms with Gasteiger partial charge in [0.25, 0.3) is 0 Å². The molecule has 2 N–H and O–H groups in total. The van der Waals surface area contributed by atoms with E-state index in [1.165, 1.54) is 5.56 Å². The summed E-state index contributed by atoms with van der Waals surface area (Å²) in [5, 5.41) is 8.38. The van der Waals surface area contributed by atoms with Crippen LogP contribution in [0.5, 0.6) is 0 Å². The number of hydrogen-bond acceptors (Lipinski definition) is 1. The quantitative estimate of drug-likeness (QED) is 0.780. The zero-order chi connectivity index (χ0) is 15.2. The Bertz CT molecular complexity index is 627. The first-order chi connectivity index (χ1) is 10.0. The molecule has 0 saturated heterocycles. The summed E-state index contributed by atoms with van der Waals surface area (Å²) < 4.78 is 0.